The van der Waals surface area contributed by atoms with Gasteiger partial charge < -0.3 is 10.5 Å². The predicted octanol–water partition coefficient (Wildman–Crippen LogP) is 1.68. The maximum absolute atomic E-state index is 5.72. The lowest BCUT2D eigenvalue weighted by Crippen LogP contribution is -2.27. The van der Waals surface area contributed by atoms with Crippen molar-refractivity contribution in [3.63, 3.8) is 0 Å². The van der Waals surface area contributed by atoms with Crippen LogP contribution in [0.25, 0.3) is 0 Å². The molecule has 0 aromatic heterocycles. The SMILES string of the molecule is C[C@@H](CN)OC1CCCCC1. The number of hydrogen-bond donors (Lipinski definition) is 1. The smallest absolute Gasteiger partial charge is 0.0672 e. The fourth-order valence-corrected chi connectivity index (χ4v) is 1.59. The molecule has 1 aliphatic carbocycles. The Balaban J connectivity index is 2.13. The highest BCUT2D eigenvalue weighted by molar-refractivity contribution is 4.66. The van der Waals surface area contributed by atoms with Gasteiger partial charge in [0.1, 0.15) is 0 Å². The quantitative estimate of drug-likeness (QED) is 0.676. The standard InChI is InChI=1S/C9H19NO/c1-8(7-10)11-9-5-3-2-4-6-9/h8-9H,2-7,10H2,1H3/t8-/m0/s1. The van der Waals surface area contributed by atoms with Crippen LogP contribution >= 0.6 is 0 Å². The minimum absolute atomic E-state index is 0.248. The Morgan fingerprint density at radius 2 is 2.00 bits per heavy atom. The molecular weight excluding hydrogens is 138 g/mol. The summed E-state index contributed by atoms with van der Waals surface area (Å²) in [4.78, 5) is 0. The zero-order valence-electron chi connectivity index (χ0n) is 7.38. The Morgan fingerprint density at radius 3 is 2.55 bits per heavy atom. The van der Waals surface area contributed by atoms with Crippen LogP contribution in [0.1, 0.15) is 39.0 Å². The third-order valence-corrected chi connectivity index (χ3v) is 2.31. The first kappa shape index (κ1) is 9.01. The van der Waals surface area contributed by atoms with Gasteiger partial charge in [0.2, 0.25) is 0 Å². The summed E-state index contributed by atoms with van der Waals surface area (Å²) in [6, 6.07) is 0. The molecule has 2 N–H and O–H groups in total. The molecular formula is C9H19NO. The normalized spacial score (nSPS) is 23.5. The van der Waals surface area contributed by atoms with Crippen molar-refractivity contribution in [3.05, 3.63) is 0 Å². The minimum atomic E-state index is 0.248. The molecule has 1 fully saturated rings. The fraction of sp³-hybridized carbons (Fsp3) is 1.00. The molecule has 2 nitrogen and oxygen atoms in total. The summed E-state index contributed by atoms with van der Waals surface area (Å²) in [5.41, 5.74) is 5.46. The molecule has 2 heteroatoms. The molecule has 66 valence electrons. The summed E-state index contributed by atoms with van der Waals surface area (Å²) in [7, 11) is 0. The average molecular weight is 157 g/mol. The molecule has 0 aromatic carbocycles. The zero-order chi connectivity index (χ0) is 8.10. The minimum Gasteiger partial charge on any atom is -0.374 e. The van der Waals surface area contributed by atoms with E-state index in [9.17, 15) is 0 Å². The molecule has 0 unspecified atom stereocenters. The number of nitrogens with two attached hydrogens (primary N) is 1. The maximum atomic E-state index is 5.72. The van der Waals surface area contributed by atoms with Crippen LogP contribution in [0.4, 0.5) is 0 Å². The van der Waals surface area contributed by atoms with Crippen LogP contribution < -0.4 is 5.73 Å². The molecule has 0 bridgehead atoms. The van der Waals surface area contributed by atoms with Gasteiger partial charge in [0, 0.05) is 6.54 Å². The predicted molar refractivity (Wildman–Crippen MR) is 46.5 cm³/mol. The van der Waals surface area contributed by atoms with Crippen LogP contribution in [0.5, 0.6) is 0 Å². The molecule has 1 atom stereocenters. The monoisotopic (exact) mass is 157 g/mol. The van der Waals surface area contributed by atoms with E-state index < -0.39 is 0 Å². The third kappa shape index (κ3) is 3.21. The van der Waals surface area contributed by atoms with Gasteiger partial charge in [-0.05, 0) is 19.8 Å². The molecule has 0 radical (unpaired) electrons. The van der Waals surface area contributed by atoms with Gasteiger partial charge in [-0.1, -0.05) is 19.3 Å². The van der Waals surface area contributed by atoms with Crippen molar-refractivity contribution >= 4 is 0 Å². The Kier molecular flexibility index (Phi) is 3.87. The van der Waals surface area contributed by atoms with Gasteiger partial charge in [-0.15, -0.1) is 0 Å². The van der Waals surface area contributed by atoms with Crippen LogP contribution in [0.15, 0.2) is 0 Å². The van der Waals surface area contributed by atoms with Gasteiger partial charge in [-0.25, -0.2) is 0 Å². The second-order valence-electron chi connectivity index (χ2n) is 3.44. The number of hydrogen-bond acceptors (Lipinski definition) is 2. The van der Waals surface area contributed by atoms with Crippen molar-refractivity contribution in [2.75, 3.05) is 6.54 Å². The van der Waals surface area contributed by atoms with Crippen LogP contribution in [-0.4, -0.2) is 18.8 Å². The second kappa shape index (κ2) is 4.73. The van der Waals surface area contributed by atoms with Crippen molar-refractivity contribution in [2.24, 2.45) is 5.73 Å². The maximum Gasteiger partial charge on any atom is 0.0672 e. The summed E-state index contributed by atoms with van der Waals surface area (Å²) in [5.74, 6) is 0. The lowest BCUT2D eigenvalue weighted by Gasteiger charge is -2.24. The summed E-state index contributed by atoms with van der Waals surface area (Å²) in [5, 5.41) is 0. The van der Waals surface area contributed by atoms with Crippen LogP contribution in [0.2, 0.25) is 0 Å². The molecule has 0 aliphatic heterocycles. The number of rotatable bonds is 3. The van der Waals surface area contributed by atoms with E-state index in [2.05, 4.69) is 6.92 Å². The van der Waals surface area contributed by atoms with Crippen molar-refractivity contribution in [1.29, 1.82) is 0 Å². The van der Waals surface area contributed by atoms with E-state index in [4.69, 9.17) is 10.5 Å². The Hall–Kier alpha value is -0.0800. The van der Waals surface area contributed by atoms with E-state index in [1.54, 1.807) is 0 Å². The van der Waals surface area contributed by atoms with Gasteiger partial charge in [-0.3, -0.25) is 0 Å². The summed E-state index contributed by atoms with van der Waals surface area (Å²) in [6.07, 6.45) is 7.29. The van der Waals surface area contributed by atoms with Gasteiger partial charge in [0.05, 0.1) is 12.2 Å². The average Bonchev–Trinajstić information content (AvgIpc) is 2.06. The van der Waals surface area contributed by atoms with Gasteiger partial charge >= 0.3 is 0 Å². The lowest BCUT2D eigenvalue weighted by atomic mass is 9.98. The van der Waals surface area contributed by atoms with Crippen molar-refractivity contribution in [2.45, 2.75) is 51.2 Å². The number of ether oxygens (including phenoxy) is 1. The van der Waals surface area contributed by atoms with Gasteiger partial charge in [-0.2, -0.15) is 0 Å². The first-order valence-corrected chi connectivity index (χ1v) is 4.68. The first-order valence-electron chi connectivity index (χ1n) is 4.68. The molecule has 1 aliphatic rings. The Labute approximate surface area is 69.1 Å². The van der Waals surface area contributed by atoms with E-state index >= 15 is 0 Å². The van der Waals surface area contributed by atoms with E-state index in [-0.39, 0.29) is 6.10 Å². The van der Waals surface area contributed by atoms with E-state index in [1.165, 1.54) is 32.1 Å². The topological polar surface area (TPSA) is 35.2 Å². The largest absolute Gasteiger partial charge is 0.374 e. The highest BCUT2D eigenvalue weighted by atomic mass is 16.5. The summed E-state index contributed by atoms with van der Waals surface area (Å²) >= 11 is 0. The Morgan fingerprint density at radius 1 is 1.36 bits per heavy atom. The third-order valence-electron chi connectivity index (χ3n) is 2.31. The molecule has 0 amide bonds. The van der Waals surface area contributed by atoms with Crippen LogP contribution in [-0.2, 0) is 4.74 Å². The highest BCUT2D eigenvalue weighted by Crippen LogP contribution is 2.20. The van der Waals surface area contributed by atoms with Crippen LogP contribution in [0.3, 0.4) is 0 Å². The highest BCUT2D eigenvalue weighted by Gasteiger charge is 2.15. The lowest BCUT2D eigenvalue weighted by molar-refractivity contribution is -0.0162. The molecule has 0 aromatic rings. The second-order valence-corrected chi connectivity index (χ2v) is 3.44. The van der Waals surface area contributed by atoms with E-state index in [1.807, 2.05) is 0 Å². The molecule has 0 spiro atoms. The first-order chi connectivity index (χ1) is 5.33. The fourth-order valence-electron chi connectivity index (χ4n) is 1.59. The van der Waals surface area contributed by atoms with Crippen LogP contribution in [0, 0.1) is 0 Å². The molecule has 1 rings (SSSR count). The Bertz CT molecular complexity index is 99.7. The van der Waals surface area contributed by atoms with E-state index in [0.29, 0.717) is 12.6 Å². The van der Waals surface area contributed by atoms with Crippen molar-refractivity contribution in [1.82, 2.24) is 0 Å². The molecule has 11 heavy (non-hydrogen) atoms. The van der Waals surface area contributed by atoms with Gasteiger partial charge in [0.15, 0.2) is 0 Å². The molecule has 1 saturated carbocycles. The molecule has 0 saturated heterocycles. The van der Waals surface area contributed by atoms with Crippen molar-refractivity contribution < 1.29 is 4.74 Å². The molecule has 0 heterocycles. The summed E-state index contributed by atoms with van der Waals surface area (Å²) < 4.78 is 5.72. The van der Waals surface area contributed by atoms with Crippen molar-refractivity contribution in [3.8, 4) is 0 Å². The zero-order valence-corrected chi connectivity index (χ0v) is 7.38. The van der Waals surface area contributed by atoms with E-state index in [0.717, 1.165) is 0 Å². The van der Waals surface area contributed by atoms with Gasteiger partial charge in [0.25, 0.3) is 0 Å². The summed E-state index contributed by atoms with van der Waals surface area (Å²) in [6.45, 7) is 2.70.